The third kappa shape index (κ3) is 1.43. The van der Waals surface area contributed by atoms with Crippen molar-refractivity contribution < 1.29 is 0 Å². The maximum Gasteiger partial charge on any atom is 0.101 e. The molecule has 0 spiro atoms. The van der Waals surface area contributed by atoms with E-state index in [9.17, 15) is 0 Å². The average Bonchev–Trinajstić information content (AvgIpc) is 2.19. The van der Waals surface area contributed by atoms with Crippen LogP contribution >= 0.6 is 23.2 Å². The Kier molecular flexibility index (Phi) is 2.33. The molecule has 0 unspecified atom stereocenters. The minimum Gasteiger partial charge on any atom is -0.192 e. The van der Waals surface area contributed by atoms with Crippen LogP contribution in [0.15, 0.2) is 30.3 Å². The van der Waals surface area contributed by atoms with Crippen molar-refractivity contribution in [1.29, 1.82) is 5.26 Å². The van der Waals surface area contributed by atoms with E-state index in [4.69, 9.17) is 28.5 Å². The highest BCUT2D eigenvalue weighted by molar-refractivity contribution is 6.37. The van der Waals surface area contributed by atoms with E-state index in [1.165, 1.54) is 0 Å². The van der Waals surface area contributed by atoms with Gasteiger partial charge in [0.15, 0.2) is 0 Å². The SMILES string of the molecule is N#Cc1cc2cccc(Cl)c2cc1Cl. The van der Waals surface area contributed by atoms with Crippen LogP contribution in [0.5, 0.6) is 0 Å². The monoisotopic (exact) mass is 221 g/mol. The van der Waals surface area contributed by atoms with Crippen LogP contribution in [-0.4, -0.2) is 0 Å². The zero-order valence-corrected chi connectivity index (χ0v) is 8.60. The predicted molar refractivity (Wildman–Crippen MR) is 58.7 cm³/mol. The van der Waals surface area contributed by atoms with Crippen molar-refractivity contribution in [3.05, 3.63) is 45.9 Å². The molecule has 0 aliphatic heterocycles. The molecule has 2 aromatic rings. The summed E-state index contributed by atoms with van der Waals surface area (Å²) >= 11 is 11.9. The molecular formula is C11H5Cl2N. The van der Waals surface area contributed by atoms with Crippen molar-refractivity contribution in [3.63, 3.8) is 0 Å². The zero-order valence-electron chi connectivity index (χ0n) is 7.09. The number of hydrogen-bond donors (Lipinski definition) is 0. The summed E-state index contributed by atoms with van der Waals surface area (Å²) in [4.78, 5) is 0. The van der Waals surface area contributed by atoms with Crippen LogP contribution in [0.1, 0.15) is 5.56 Å². The molecule has 0 saturated carbocycles. The summed E-state index contributed by atoms with van der Waals surface area (Å²) < 4.78 is 0. The van der Waals surface area contributed by atoms with Crippen LogP contribution in [0.25, 0.3) is 10.8 Å². The summed E-state index contributed by atoms with van der Waals surface area (Å²) in [6, 6.07) is 11.0. The number of rotatable bonds is 0. The van der Waals surface area contributed by atoms with E-state index in [1.54, 1.807) is 18.2 Å². The second kappa shape index (κ2) is 3.49. The fourth-order valence-electron chi connectivity index (χ4n) is 1.35. The maximum atomic E-state index is 8.78. The maximum absolute atomic E-state index is 8.78. The van der Waals surface area contributed by atoms with E-state index < -0.39 is 0 Å². The molecular weight excluding hydrogens is 217 g/mol. The number of benzene rings is 2. The van der Waals surface area contributed by atoms with E-state index in [2.05, 4.69) is 0 Å². The fraction of sp³-hybridized carbons (Fsp3) is 0. The Morgan fingerprint density at radius 1 is 1.07 bits per heavy atom. The summed E-state index contributed by atoms with van der Waals surface area (Å²) in [5, 5.41) is 11.7. The van der Waals surface area contributed by atoms with Gasteiger partial charge in [-0.1, -0.05) is 35.3 Å². The van der Waals surface area contributed by atoms with Gasteiger partial charge in [0.05, 0.1) is 10.6 Å². The Morgan fingerprint density at radius 2 is 1.86 bits per heavy atom. The van der Waals surface area contributed by atoms with Crippen molar-refractivity contribution in [3.8, 4) is 6.07 Å². The Labute approximate surface area is 91.5 Å². The minimum atomic E-state index is 0.438. The van der Waals surface area contributed by atoms with Crippen LogP contribution in [0.3, 0.4) is 0 Å². The van der Waals surface area contributed by atoms with Crippen molar-refractivity contribution >= 4 is 34.0 Å². The topological polar surface area (TPSA) is 23.8 Å². The predicted octanol–water partition coefficient (Wildman–Crippen LogP) is 4.02. The summed E-state index contributed by atoms with van der Waals surface area (Å²) in [5.41, 5.74) is 0.474. The van der Waals surface area contributed by atoms with E-state index >= 15 is 0 Å². The highest BCUT2D eigenvalue weighted by Crippen LogP contribution is 2.28. The molecule has 0 fully saturated rings. The first-order valence-corrected chi connectivity index (χ1v) is 4.76. The lowest BCUT2D eigenvalue weighted by molar-refractivity contribution is 1.50. The smallest absolute Gasteiger partial charge is 0.101 e. The Hall–Kier alpha value is -1.23. The van der Waals surface area contributed by atoms with Crippen molar-refractivity contribution in [2.45, 2.75) is 0 Å². The number of nitriles is 1. The van der Waals surface area contributed by atoms with E-state index in [0.717, 1.165) is 10.8 Å². The molecule has 68 valence electrons. The molecule has 3 heteroatoms. The lowest BCUT2D eigenvalue weighted by Crippen LogP contribution is -1.80. The van der Waals surface area contributed by atoms with Crippen LogP contribution in [0.2, 0.25) is 10.0 Å². The zero-order chi connectivity index (χ0) is 10.1. The standard InChI is InChI=1S/C11H5Cl2N/c12-10-3-1-2-7-4-8(6-14)11(13)5-9(7)10/h1-5H. The van der Waals surface area contributed by atoms with Crippen molar-refractivity contribution in [2.24, 2.45) is 0 Å². The quantitative estimate of drug-likeness (QED) is 0.660. The second-order valence-electron chi connectivity index (χ2n) is 2.90. The Morgan fingerprint density at radius 3 is 2.57 bits per heavy atom. The number of fused-ring (bicyclic) bond motifs is 1. The number of hydrogen-bond acceptors (Lipinski definition) is 1. The first-order chi connectivity index (χ1) is 6.72. The Balaban J connectivity index is 2.88. The van der Waals surface area contributed by atoms with Gasteiger partial charge >= 0.3 is 0 Å². The van der Waals surface area contributed by atoms with E-state index in [-0.39, 0.29) is 0 Å². The van der Waals surface area contributed by atoms with Gasteiger partial charge in [0.2, 0.25) is 0 Å². The molecule has 0 amide bonds. The largest absolute Gasteiger partial charge is 0.192 e. The van der Waals surface area contributed by atoms with Crippen molar-refractivity contribution in [1.82, 2.24) is 0 Å². The van der Waals surface area contributed by atoms with Crippen LogP contribution in [-0.2, 0) is 0 Å². The molecule has 0 N–H and O–H groups in total. The number of halogens is 2. The highest BCUT2D eigenvalue weighted by Gasteiger charge is 2.04. The summed E-state index contributed by atoms with van der Waals surface area (Å²) in [6.45, 7) is 0. The lowest BCUT2D eigenvalue weighted by Gasteiger charge is -2.02. The normalized spacial score (nSPS) is 10.1. The molecule has 2 rings (SSSR count). The van der Waals surface area contributed by atoms with E-state index in [0.29, 0.717) is 15.6 Å². The second-order valence-corrected chi connectivity index (χ2v) is 3.72. The van der Waals surface area contributed by atoms with Gasteiger partial charge in [0.1, 0.15) is 6.07 Å². The van der Waals surface area contributed by atoms with Gasteiger partial charge in [-0.15, -0.1) is 0 Å². The van der Waals surface area contributed by atoms with Crippen LogP contribution in [0.4, 0.5) is 0 Å². The molecule has 0 aromatic heterocycles. The molecule has 1 nitrogen and oxygen atoms in total. The molecule has 0 saturated heterocycles. The summed E-state index contributed by atoms with van der Waals surface area (Å²) in [6.07, 6.45) is 0. The molecule has 14 heavy (non-hydrogen) atoms. The van der Waals surface area contributed by atoms with Gasteiger partial charge in [0.25, 0.3) is 0 Å². The third-order valence-corrected chi connectivity index (χ3v) is 2.68. The third-order valence-electron chi connectivity index (χ3n) is 2.04. The average molecular weight is 222 g/mol. The van der Waals surface area contributed by atoms with E-state index in [1.807, 2.05) is 18.2 Å². The van der Waals surface area contributed by atoms with Gasteiger partial charge in [-0.3, -0.25) is 0 Å². The van der Waals surface area contributed by atoms with Gasteiger partial charge in [-0.05, 0) is 23.6 Å². The fourth-order valence-corrected chi connectivity index (χ4v) is 1.79. The van der Waals surface area contributed by atoms with Gasteiger partial charge in [-0.2, -0.15) is 5.26 Å². The molecule has 0 atom stereocenters. The molecule has 0 radical (unpaired) electrons. The van der Waals surface area contributed by atoms with Gasteiger partial charge < -0.3 is 0 Å². The molecule has 0 aliphatic carbocycles. The van der Waals surface area contributed by atoms with Crippen molar-refractivity contribution in [2.75, 3.05) is 0 Å². The Bertz CT molecular complexity index is 541. The first kappa shape index (κ1) is 9.33. The number of nitrogens with zero attached hydrogens (tertiary/aromatic N) is 1. The minimum absolute atomic E-state index is 0.438. The molecule has 0 bridgehead atoms. The molecule has 2 aromatic carbocycles. The summed E-state index contributed by atoms with van der Waals surface area (Å²) in [5.74, 6) is 0. The highest BCUT2D eigenvalue weighted by atomic mass is 35.5. The summed E-state index contributed by atoms with van der Waals surface area (Å²) in [7, 11) is 0. The van der Waals surface area contributed by atoms with Crippen LogP contribution < -0.4 is 0 Å². The molecule has 0 heterocycles. The molecule has 0 aliphatic rings. The van der Waals surface area contributed by atoms with Crippen LogP contribution in [0, 0.1) is 11.3 Å². The first-order valence-electron chi connectivity index (χ1n) is 4.00. The van der Waals surface area contributed by atoms with Gasteiger partial charge in [-0.25, -0.2) is 0 Å². The lowest BCUT2D eigenvalue weighted by atomic mass is 10.1. The van der Waals surface area contributed by atoms with Gasteiger partial charge in [0, 0.05) is 10.4 Å².